The Hall–Kier alpha value is -0.570. The van der Waals surface area contributed by atoms with Crippen molar-refractivity contribution in [3.63, 3.8) is 0 Å². The minimum absolute atomic E-state index is 0.114. The number of nitrogens with zero attached hydrogens (tertiary/aromatic N) is 1. The normalized spacial score (nSPS) is 27.6. The summed E-state index contributed by atoms with van der Waals surface area (Å²) in [6.07, 6.45) is 9.01. The van der Waals surface area contributed by atoms with Crippen molar-refractivity contribution in [1.29, 1.82) is 0 Å². The second kappa shape index (κ2) is 5.85. The lowest BCUT2D eigenvalue weighted by Gasteiger charge is -2.30. The summed E-state index contributed by atoms with van der Waals surface area (Å²) in [7, 11) is 0. The van der Waals surface area contributed by atoms with Crippen LogP contribution >= 0.6 is 0 Å². The number of nitrogens with two attached hydrogens (primary N) is 1. The predicted octanol–water partition coefficient (Wildman–Crippen LogP) is 2.29. The largest absolute Gasteiger partial charge is 0.340 e. The first-order valence-corrected chi connectivity index (χ1v) is 7.27. The van der Waals surface area contributed by atoms with Gasteiger partial charge >= 0.3 is 0 Å². The number of carbonyl (C=O) groups excluding carboxylic acids is 1. The molecule has 1 amide bonds. The molecule has 0 aromatic carbocycles. The van der Waals surface area contributed by atoms with Gasteiger partial charge in [0.15, 0.2) is 0 Å². The molecule has 3 nitrogen and oxygen atoms in total. The SMILES string of the molecule is CC[C@@H]1CCCCCN1C(=O)C[C@H](N)C1CC1. The van der Waals surface area contributed by atoms with E-state index < -0.39 is 0 Å². The maximum atomic E-state index is 12.3. The zero-order valence-electron chi connectivity index (χ0n) is 11.0. The molecule has 0 aromatic heterocycles. The number of rotatable bonds is 4. The molecule has 1 heterocycles. The fraction of sp³-hybridized carbons (Fsp3) is 0.929. The van der Waals surface area contributed by atoms with Crippen molar-refractivity contribution >= 4 is 5.91 Å². The van der Waals surface area contributed by atoms with Gasteiger partial charge in [0, 0.05) is 25.0 Å². The molecule has 1 aliphatic heterocycles. The van der Waals surface area contributed by atoms with Crippen molar-refractivity contribution < 1.29 is 4.79 Å². The van der Waals surface area contributed by atoms with Crippen LogP contribution in [0.25, 0.3) is 0 Å². The molecule has 2 fully saturated rings. The van der Waals surface area contributed by atoms with E-state index in [1.54, 1.807) is 0 Å². The van der Waals surface area contributed by atoms with Crippen molar-refractivity contribution in [3.05, 3.63) is 0 Å². The summed E-state index contributed by atoms with van der Waals surface area (Å²) in [5.41, 5.74) is 6.07. The maximum absolute atomic E-state index is 12.3. The Kier molecular flexibility index (Phi) is 4.43. The van der Waals surface area contributed by atoms with Gasteiger partial charge in [-0.25, -0.2) is 0 Å². The highest BCUT2D eigenvalue weighted by Gasteiger charge is 2.32. The summed E-state index contributed by atoms with van der Waals surface area (Å²) in [6, 6.07) is 0.583. The zero-order valence-corrected chi connectivity index (χ0v) is 11.0. The van der Waals surface area contributed by atoms with E-state index in [-0.39, 0.29) is 6.04 Å². The molecular weight excluding hydrogens is 212 g/mol. The van der Waals surface area contributed by atoms with Crippen LogP contribution in [0.3, 0.4) is 0 Å². The lowest BCUT2D eigenvalue weighted by molar-refractivity contribution is -0.134. The molecule has 98 valence electrons. The highest BCUT2D eigenvalue weighted by Crippen LogP contribution is 2.33. The van der Waals surface area contributed by atoms with Gasteiger partial charge in [-0.3, -0.25) is 4.79 Å². The lowest BCUT2D eigenvalue weighted by atomic mass is 10.1. The van der Waals surface area contributed by atoms with Gasteiger partial charge in [-0.05, 0) is 38.0 Å². The number of hydrogen-bond donors (Lipinski definition) is 1. The third-order valence-corrected chi connectivity index (χ3v) is 4.31. The molecule has 1 saturated carbocycles. The number of likely N-dealkylation sites (tertiary alicyclic amines) is 1. The second-order valence-corrected chi connectivity index (χ2v) is 5.70. The Morgan fingerprint density at radius 1 is 1.29 bits per heavy atom. The molecule has 2 aliphatic rings. The number of amides is 1. The smallest absolute Gasteiger partial charge is 0.224 e. The average Bonchev–Trinajstić information content (AvgIpc) is 3.15. The zero-order chi connectivity index (χ0) is 12.3. The highest BCUT2D eigenvalue weighted by atomic mass is 16.2. The van der Waals surface area contributed by atoms with E-state index in [2.05, 4.69) is 11.8 Å². The van der Waals surface area contributed by atoms with E-state index in [1.165, 1.54) is 38.5 Å². The summed E-state index contributed by atoms with van der Waals surface area (Å²) in [6.45, 7) is 3.14. The van der Waals surface area contributed by atoms with Gasteiger partial charge in [-0.1, -0.05) is 19.8 Å². The monoisotopic (exact) mass is 238 g/mol. The van der Waals surface area contributed by atoms with Gasteiger partial charge in [0.25, 0.3) is 0 Å². The maximum Gasteiger partial charge on any atom is 0.224 e. The average molecular weight is 238 g/mol. The molecule has 0 unspecified atom stereocenters. The highest BCUT2D eigenvalue weighted by molar-refractivity contribution is 5.77. The molecule has 0 bridgehead atoms. The molecule has 2 N–H and O–H groups in total. The number of hydrogen-bond acceptors (Lipinski definition) is 2. The topological polar surface area (TPSA) is 46.3 Å². The van der Waals surface area contributed by atoms with E-state index >= 15 is 0 Å². The quantitative estimate of drug-likeness (QED) is 0.817. The molecule has 3 heteroatoms. The minimum Gasteiger partial charge on any atom is -0.340 e. The molecule has 2 atom stereocenters. The first-order valence-electron chi connectivity index (χ1n) is 7.27. The molecule has 17 heavy (non-hydrogen) atoms. The van der Waals surface area contributed by atoms with Gasteiger partial charge in [0.05, 0.1) is 0 Å². The molecule has 0 aromatic rings. The van der Waals surface area contributed by atoms with E-state index in [1.807, 2.05) is 0 Å². The molecule has 0 spiro atoms. The van der Waals surface area contributed by atoms with E-state index in [0.717, 1.165) is 13.0 Å². The molecular formula is C14H26N2O. The van der Waals surface area contributed by atoms with Crippen molar-refractivity contribution in [3.8, 4) is 0 Å². The molecule has 1 saturated heterocycles. The molecule has 0 radical (unpaired) electrons. The lowest BCUT2D eigenvalue weighted by Crippen LogP contribution is -2.42. The second-order valence-electron chi connectivity index (χ2n) is 5.70. The van der Waals surface area contributed by atoms with Crippen LogP contribution in [0.2, 0.25) is 0 Å². The van der Waals surface area contributed by atoms with Crippen LogP contribution in [0.5, 0.6) is 0 Å². The predicted molar refractivity (Wildman–Crippen MR) is 69.6 cm³/mol. The van der Waals surface area contributed by atoms with Gasteiger partial charge < -0.3 is 10.6 Å². The van der Waals surface area contributed by atoms with Crippen LogP contribution in [-0.2, 0) is 4.79 Å². The third-order valence-electron chi connectivity index (χ3n) is 4.31. The Morgan fingerprint density at radius 2 is 2.06 bits per heavy atom. The first-order chi connectivity index (χ1) is 8.22. The van der Waals surface area contributed by atoms with E-state index in [4.69, 9.17) is 5.73 Å². The van der Waals surface area contributed by atoms with Crippen LogP contribution in [0, 0.1) is 5.92 Å². The van der Waals surface area contributed by atoms with Crippen LogP contribution in [0.4, 0.5) is 0 Å². The summed E-state index contributed by atoms with van der Waals surface area (Å²) >= 11 is 0. The van der Waals surface area contributed by atoms with Gasteiger partial charge in [-0.15, -0.1) is 0 Å². The molecule has 1 aliphatic carbocycles. The van der Waals surface area contributed by atoms with Crippen molar-refractivity contribution in [1.82, 2.24) is 4.90 Å². The van der Waals surface area contributed by atoms with E-state index in [9.17, 15) is 4.79 Å². The summed E-state index contributed by atoms with van der Waals surface area (Å²) in [4.78, 5) is 14.4. The van der Waals surface area contributed by atoms with Crippen LogP contribution in [-0.4, -0.2) is 29.4 Å². The third kappa shape index (κ3) is 3.44. The van der Waals surface area contributed by atoms with Crippen LogP contribution < -0.4 is 5.73 Å². The first kappa shape index (κ1) is 12.9. The summed E-state index contributed by atoms with van der Waals surface area (Å²) in [5.74, 6) is 0.934. The number of carbonyl (C=O) groups is 1. The van der Waals surface area contributed by atoms with Gasteiger partial charge in [0.1, 0.15) is 0 Å². The minimum atomic E-state index is 0.114. The van der Waals surface area contributed by atoms with Crippen molar-refractivity contribution in [2.24, 2.45) is 11.7 Å². The summed E-state index contributed by atoms with van der Waals surface area (Å²) < 4.78 is 0. The Bertz CT molecular complexity index is 263. The summed E-state index contributed by atoms with van der Waals surface area (Å²) in [5, 5.41) is 0. The fourth-order valence-corrected chi connectivity index (χ4v) is 2.94. The standard InChI is InChI=1S/C14H26N2O/c1-2-12-6-4-3-5-9-16(12)14(17)10-13(15)11-7-8-11/h11-13H,2-10,15H2,1H3/t12-,13+/m1/s1. The molecule has 2 rings (SSSR count). The van der Waals surface area contributed by atoms with Gasteiger partial charge in [0.2, 0.25) is 5.91 Å². The fourth-order valence-electron chi connectivity index (χ4n) is 2.94. The van der Waals surface area contributed by atoms with Crippen molar-refractivity contribution in [2.75, 3.05) is 6.54 Å². The van der Waals surface area contributed by atoms with Gasteiger partial charge in [-0.2, -0.15) is 0 Å². The van der Waals surface area contributed by atoms with Crippen LogP contribution in [0.15, 0.2) is 0 Å². The van der Waals surface area contributed by atoms with Crippen molar-refractivity contribution in [2.45, 2.75) is 70.4 Å². The van der Waals surface area contributed by atoms with E-state index in [0.29, 0.717) is 24.3 Å². The van der Waals surface area contributed by atoms with Crippen LogP contribution in [0.1, 0.15) is 58.3 Å². The Labute approximate surface area is 105 Å². The Morgan fingerprint density at radius 3 is 2.71 bits per heavy atom. The Balaban J connectivity index is 1.89.